The summed E-state index contributed by atoms with van der Waals surface area (Å²) >= 11 is 5.21. The lowest BCUT2D eigenvalue weighted by molar-refractivity contribution is -0.158. The van der Waals surface area contributed by atoms with Crippen LogP contribution in [0.3, 0.4) is 0 Å². The third kappa shape index (κ3) is 5.46. The Morgan fingerprint density at radius 1 is 1.18 bits per heavy atom. The van der Waals surface area contributed by atoms with E-state index in [1.54, 1.807) is 24.4 Å². The van der Waals surface area contributed by atoms with Gasteiger partial charge in [0.25, 0.3) is 4.84 Å². The van der Waals surface area contributed by atoms with Gasteiger partial charge in [0.15, 0.2) is 0 Å². The van der Waals surface area contributed by atoms with E-state index < -0.39 is 31.9 Å². The van der Waals surface area contributed by atoms with E-state index in [9.17, 15) is 18.0 Å². The Labute approximate surface area is 196 Å². The largest absolute Gasteiger partial charge is 0.468 e. The number of ether oxygens (including phenoxy) is 1. The highest BCUT2D eigenvalue weighted by Crippen LogP contribution is 2.31. The van der Waals surface area contributed by atoms with Crippen molar-refractivity contribution in [3.05, 3.63) is 59.6 Å². The number of hydrogen-bond acceptors (Lipinski definition) is 8. The molecular weight excluding hydrogens is 471 g/mol. The van der Waals surface area contributed by atoms with Gasteiger partial charge in [-0.1, -0.05) is 24.3 Å². The SMILES string of the molecule is COC(=O)CN(Cn1nc(-c2cc(-c3ccccn3)nc3ccccc23)oc1=S)CC(F)(F)F. The molecule has 0 saturated heterocycles. The zero-order chi connectivity index (χ0) is 24.3. The van der Waals surface area contributed by atoms with Crippen LogP contribution in [0.4, 0.5) is 13.2 Å². The Morgan fingerprint density at radius 3 is 2.65 bits per heavy atom. The summed E-state index contributed by atoms with van der Waals surface area (Å²) in [4.78, 5) is 21.2. The van der Waals surface area contributed by atoms with Crippen molar-refractivity contribution in [1.29, 1.82) is 0 Å². The number of esters is 1. The highest BCUT2D eigenvalue weighted by Gasteiger charge is 2.32. The number of rotatable bonds is 7. The van der Waals surface area contributed by atoms with E-state index in [0.717, 1.165) is 16.7 Å². The predicted molar refractivity (Wildman–Crippen MR) is 119 cm³/mol. The second-order valence-electron chi connectivity index (χ2n) is 7.28. The Hall–Kier alpha value is -3.64. The van der Waals surface area contributed by atoms with Crippen molar-refractivity contribution in [1.82, 2.24) is 24.6 Å². The molecule has 0 bridgehead atoms. The Kier molecular flexibility index (Phi) is 6.70. The fraction of sp³-hybridized carbons (Fsp3) is 0.227. The van der Waals surface area contributed by atoms with E-state index in [2.05, 4.69) is 19.8 Å². The van der Waals surface area contributed by atoms with Crippen LogP contribution >= 0.6 is 12.2 Å². The molecule has 176 valence electrons. The maximum atomic E-state index is 13.0. The molecule has 3 aromatic heterocycles. The molecule has 0 radical (unpaired) electrons. The van der Waals surface area contributed by atoms with Crippen molar-refractivity contribution >= 4 is 29.1 Å². The van der Waals surface area contributed by atoms with Crippen LogP contribution in [-0.4, -0.2) is 57.0 Å². The molecule has 0 N–H and O–H groups in total. The molecule has 4 aromatic rings. The lowest BCUT2D eigenvalue weighted by Crippen LogP contribution is -2.39. The standard InChI is InChI=1S/C22H18F3N5O3S/c1-32-19(31)11-29(12-22(23,24)25)13-30-21(34)33-20(28-30)15-10-18(17-8-4-5-9-26-17)27-16-7-3-2-6-14(15)16/h2-10H,11-13H2,1H3. The molecule has 8 nitrogen and oxygen atoms in total. The molecule has 4 rings (SSSR count). The Morgan fingerprint density at radius 2 is 1.94 bits per heavy atom. The van der Waals surface area contributed by atoms with Crippen LogP contribution in [0.2, 0.25) is 0 Å². The summed E-state index contributed by atoms with van der Waals surface area (Å²) in [5.74, 6) is -0.717. The number of halogens is 3. The molecule has 0 amide bonds. The molecular formula is C22H18F3N5O3S. The van der Waals surface area contributed by atoms with Crippen LogP contribution in [0.25, 0.3) is 33.7 Å². The highest BCUT2D eigenvalue weighted by molar-refractivity contribution is 7.71. The van der Waals surface area contributed by atoms with Crippen molar-refractivity contribution < 1.29 is 27.1 Å². The van der Waals surface area contributed by atoms with Gasteiger partial charge in [0.05, 0.1) is 49.3 Å². The molecule has 0 aliphatic heterocycles. The average molecular weight is 489 g/mol. The van der Waals surface area contributed by atoms with Crippen molar-refractivity contribution in [2.75, 3.05) is 20.2 Å². The van der Waals surface area contributed by atoms with Gasteiger partial charge >= 0.3 is 12.1 Å². The van der Waals surface area contributed by atoms with Crippen LogP contribution in [0, 0.1) is 4.84 Å². The van der Waals surface area contributed by atoms with Crippen molar-refractivity contribution in [3.63, 3.8) is 0 Å². The molecule has 0 atom stereocenters. The van der Waals surface area contributed by atoms with Gasteiger partial charge < -0.3 is 9.15 Å². The maximum Gasteiger partial charge on any atom is 0.401 e. The van der Waals surface area contributed by atoms with Crippen molar-refractivity contribution in [2.24, 2.45) is 0 Å². The van der Waals surface area contributed by atoms with Gasteiger partial charge in [0.1, 0.15) is 0 Å². The molecule has 0 aliphatic carbocycles. The number of carbonyl (C=O) groups excluding carboxylic acids is 1. The second-order valence-corrected chi connectivity index (χ2v) is 7.63. The van der Waals surface area contributed by atoms with Gasteiger partial charge in [-0.15, -0.1) is 5.10 Å². The van der Waals surface area contributed by atoms with E-state index >= 15 is 0 Å². The molecule has 3 heterocycles. The van der Waals surface area contributed by atoms with Crippen LogP contribution in [0.5, 0.6) is 0 Å². The Bertz CT molecular complexity index is 1370. The normalized spacial score (nSPS) is 11.8. The number of para-hydroxylation sites is 1. The first-order valence-electron chi connectivity index (χ1n) is 9.99. The minimum atomic E-state index is -4.54. The zero-order valence-corrected chi connectivity index (χ0v) is 18.6. The fourth-order valence-corrected chi connectivity index (χ4v) is 3.53. The van der Waals surface area contributed by atoms with E-state index in [0.29, 0.717) is 27.9 Å². The first kappa shape index (κ1) is 23.5. The predicted octanol–water partition coefficient (Wildman–Crippen LogP) is 4.48. The van der Waals surface area contributed by atoms with Crippen LogP contribution < -0.4 is 0 Å². The topological polar surface area (TPSA) is 86.3 Å². The van der Waals surface area contributed by atoms with E-state index in [1.807, 2.05) is 30.3 Å². The first-order chi connectivity index (χ1) is 16.2. The highest BCUT2D eigenvalue weighted by atomic mass is 32.1. The van der Waals surface area contributed by atoms with Gasteiger partial charge in [-0.2, -0.15) is 13.2 Å². The molecule has 0 aliphatic rings. The number of benzene rings is 1. The summed E-state index contributed by atoms with van der Waals surface area (Å²) in [7, 11) is 1.10. The van der Waals surface area contributed by atoms with Crippen LogP contribution in [0.1, 0.15) is 0 Å². The van der Waals surface area contributed by atoms with E-state index in [-0.39, 0.29) is 10.7 Å². The minimum Gasteiger partial charge on any atom is -0.468 e. The van der Waals surface area contributed by atoms with Gasteiger partial charge in [-0.05, 0) is 36.5 Å². The van der Waals surface area contributed by atoms with E-state index in [1.165, 1.54) is 0 Å². The average Bonchev–Trinajstić information content (AvgIpc) is 3.17. The number of methoxy groups -OCH3 is 1. The number of alkyl halides is 3. The Balaban J connectivity index is 1.74. The number of carbonyl (C=O) groups is 1. The quantitative estimate of drug-likeness (QED) is 0.278. The number of hydrogen-bond donors (Lipinski definition) is 0. The first-order valence-corrected chi connectivity index (χ1v) is 10.4. The summed E-state index contributed by atoms with van der Waals surface area (Å²) in [5.41, 5.74) is 2.39. The molecule has 0 saturated carbocycles. The molecule has 0 spiro atoms. The maximum absolute atomic E-state index is 13.0. The molecule has 34 heavy (non-hydrogen) atoms. The summed E-state index contributed by atoms with van der Waals surface area (Å²) < 4.78 is 50.3. The second kappa shape index (κ2) is 9.69. The molecule has 12 heteroatoms. The van der Waals surface area contributed by atoms with Gasteiger partial charge in [0, 0.05) is 11.6 Å². The van der Waals surface area contributed by atoms with Crippen LogP contribution in [-0.2, 0) is 16.2 Å². The van der Waals surface area contributed by atoms with Crippen molar-refractivity contribution in [3.8, 4) is 22.8 Å². The van der Waals surface area contributed by atoms with Gasteiger partial charge in [-0.25, -0.2) is 9.67 Å². The number of fused-ring (bicyclic) bond motifs is 1. The molecule has 0 fully saturated rings. The minimum absolute atomic E-state index is 0.103. The summed E-state index contributed by atoms with van der Waals surface area (Å²) in [6.07, 6.45) is -2.90. The zero-order valence-electron chi connectivity index (χ0n) is 17.8. The third-order valence-corrected chi connectivity index (χ3v) is 5.09. The van der Waals surface area contributed by atoms with Gasteiger partial charge in [0.2, 0.25) is 5.89 Å². The number of nitrogens with zero attached hydrogens (tertiary/aromatic N) is 5. The van der Waals surface area contributed by atoms with Crippen LogP contribution in [0.15, 0.2) is 59.1 Å². The van der Waals surface area contributed by atoms with E-state index in [4.69, 9.17) is 16.6 Å². The molecule has 0 unspecified atom stereocenters. The van der Waals surface area contributed by atoms with Crippen molar-refractivity contribution in [2.45, 2.75) is 12.8 Å². The third-order valence-electron chi connectivity index (χ3n) is 4.80. The lowest BCUT2D eigenvalue weighted by atomic mass is 10.1. The lowest BCUT2D eigenvalue weighted by Gasteiger charge is -2.21. The molecule has 1 aromatic carbocycles. The number of pyridine rings is 2. The number of aromatic nitrogens is 4. The van der Waals surface area contributed by atoms with Gasteiger partial charge in [-0.3, -0.25) is 14.7 Å². The fourth-order valence-electron chi connectivity index (χ4n) is 3.35. The smallest absolute Gasteiger partial charge is 0.401 e. The summed E-state index contributed by atoms with van der Waals surface area (Å²) in [6.45, 7) is -2.37. The summed E-state index contributed by atoms with van der Waals surface area (Å²) in [5, 5.41) is 5.02. The summed E-state index contributed by atoms with van der Waals surface area (Å²) in [6, 6.07) is 14.4. The monoisotopic (exact) mass is 489 g/mol.